The quantitative estimate of drug-likeness (QED) is 0.189. The maximum atomic E-state index is 13.0. The maximum Gasteiger partial charge on any atom is 1.00 e. The van der Waals surface area contributed by atoms with Crippen molar-refractivity contribution in [3.8, 4) is 22.5 Å². The molecule has 0 amide bonds. The van der Waals surface area contributed by atoms with Gasteiger partial charge < -0.3 is 15.9 Å². The Morgan fingerprint density at radius 2 is 1.15 bits per heavy atom. The minimum atomic E-state index is -0.195. The first-order valence-corrected chi connectivity index (χ1v) is 17.6. The third-order valence-electron chi connectivity index (χ3n) is 9.59. The maximum absolute atomic E-state index is 13.0. The van der Waals surface area contributed by atoms with Crippen LogP contribution in [0.1, 0.15) is 55.4 Å². The van der Waals surface area contributed by atoms with Crippen molar-refractivity contribution in [3.63, 3.8) is 0 Å². The van der Waals surface area contributed by atoms with E-state index < -0.39 is 0 Å². The fourth-order valence-electron chi connectivity index (χ4n) is 6.74. The molecule has 2 aliphatic rings. The number of aliphatic imine (C=N–C) groups is 1. The van der Waals surface area contributed by atoms with Gasteiger partial charge >= 0.3 is 29.6 Å². The molecule has 1 unspecified atom stereocenters. The fraction of sp³-hybridized carbons (Fsp3) is 0.262. The van der Waals surface area contributed by atoms with Gasteiger partial charge in [-0.2, -0.15) is 0 Å². The summed E-state index contributed by atoms with van der Waals surface area (Å²) in [5, 5.41) is 3.54. The van der Waals surface area contributed by atoms with Crippen LogP contribution in [0.2, 0.25) is 0 Å². The van der Waals surface area contributed by atoms with Crippen LogP contribution in [0.3, 0.4) is 0 Å². The number of nitrogens with one attached hydrogen (secondary N) is 1. The Hall–Kier alpha value is -4.15. The number of halogens is 2. The third kappa shape index (κ3) is 10.0. The number of hydrogen-bond donors (Lipinski definition) is 1. The van der Waals surface area contributed by atoms with Crippen molar-refractivity contribution in [1.29, 1.82) is 0 Å². The summed E-state index contributed by atoms with van der Waals surface area (Å²) >= 11 is 0. The molecule has 1 atom stereocenters. The van der Waals surface area contributed by atoms with E-state index in [9.17, 15) is 8.78 Å². The molecule has 52 heavy (non-hydrogen) atoms. The van der Waals surface area contributed by atoms with E-state index in [1.54, 1.807) is 0 Å². The van der Waals surface area contributed by atoms with Crippen LogP contribution < -0.4 is 34.9 Å². The number of aromatic nitrogens is 4. The second kappa shape index (κ2) is 19.1. The van der Waals surface area contributed by atoms with Gasteiger partial charge in [0.2, 0.25) is 0 Å². The Kier molecular flexibility index (Phi) is 14.3. The van der Waals surface area contributed by atoms with E-state index in [0.29, 0.717) is 6.04 Å². The van der Waals surface area contributed by atoms with Gasteiger partial charge in [0.25, 0.3) is 0 Å². The minimum Gasteiger partial charge on any atom is -1.00 e. The molecule has 1 N–H and O–H groups in total. The number of imidazole rings is 2. The molecule has 0 aliphatic carbocycles. The van der Waals surface area contributed by atoms with Gasteiger partial charge in [0.1, 0.15) is 11.6 Å². The Labute approximate surface area is 330 Å². The smallest absolute Gasteiger partial charge is 1.00 e. The zero-order valence-corrected chi connectivity index (χ0v) is 31.8. The predicted octanol–water partition coefficient (Wildman–Crippen LogP) is 5.61. The zero-order valence-electron chi connectivity index (χ0n) is 30.8. The molecule has 10 heteroatoms. The van der Waals surface area contributed by atoms with Crippen LogP contribution in [0.15, 0.2) is 127 Å². The SMILES string of the molecule is Fc1ccc(CCn2cncc2-c2ccc(C3=NCCC3)cc2)cc1.Fc1ccc(CCn2cncc2-c2ccc(C3CCCN3)cc2)cc1.[B].[H-].[Na+]. The van der Waals surface area contributed by atoms with Gasteiger partial charge in [-0.1, -0.05) is 72.8 Å². The van der Waals surface area contributed by atoms with Gasteiger partial charge in [-0.25, -0.2) is 18.7 Å². The first kappa shape index (κ1) is 39.1. The Balaban J connectivity index is 0.000000224. The molecular formula is C42H43BF2N6Na. The van der Waals surface area contributed by atoms with Crippen LogP contribution in [-0.4, -0.2) is 46.3 Å². The van der Waals surface area contributed by atoms with Gasteiger partial charge in [-0.05, 0) is 103 Å². The van der Waals surface area contributed by atoms with Gasteiger partial charge in [-0.15, -0.1) is 0 Å². The largest absolute Gasteiger partial charge is 1.00 e. The summed E-state index contributed by atoms with van der Waals surface area (Å²) in [6.07, 6.45) is 13.9. The molecular weight excluding hydrogens is 660 g/mol. The average molecular weight is 704 g/mol. The van der Waals surface area contributed by atoms with Crippen molar-refractivity contribution in [2.24, 2.45) is 4.99 Å². The monoisotopic (exact) mass is 703 g/mol. The molecule has 1 fully saturated rings. The van der Waals surface area contributed by atoms with Gasteiger partial charge in [0.05, 0.1) is 36.4 Å². The molecule has 6 aromatic rings. The summed E-state index contributed by atoms with van der Waals surface area (Å²) in [6.45, 7) is 3.71. The van der Waals surface area contributed by atoms with Crippen LogP contribution in [-0.2, 0) is 25.9 Å². The second-order valence-electron chi connectivity index (χ2n) is 13.0. The molecule has 2 aliphatic heterocycles. The normalized spacial score (nSPS) is 14.9. The van der Waals surface area contributed by atoms with E-state index in [1.165, 1.54) is 59.5 Å². The van der Waals surface area contributed by atoms with Crippen molar-refractivity contribution in [2.45, 2.75) is 57.7 Å². The fourth-order valence-corrected chi connectivity index (χ4v) is 6.74. The summed E-state index contributed by atoms with van der Waals surface area (Å²) < 4.78 is 30.3. The van der Waals surface area contributed by atoms with Crippen LogP contribution in [0.5, 0.6) is 0 Å². The van der Waals surface area contributed by atoms with E-state index in [0.717, 1.165) is 79.9 Å². The summed E-state index contributed by atoms with van der Waals surface area (Å²) in [6, 6.07) is 31.3. The first-order chi connectivity index (χ1) is 24.6. The summed E-state index contributed by atoms with van der Waals surface area (Å²) in [4.78, 5) is 13.2. The van der Waals surface area contributed by atoms with Crippen LogP contribution in [0, 0.1) is 11.6 Å². The van der Waals surface area contributed by atoms with Crippen LogP contribution in [0.4, 0.5) is 8.78 Å². The second-order valence-corrected chi connectivity index (χ2v) is 13.0. The molecule has 8 rings (SSSR count). The van der Waals surface area contributed by atoms with E-state index in [2.05, 4.69) is 77.9 Å². The van der Waals surface area contributed by atoms with E-state index >= 15 is 0 Å². The summed E-state index contributed by atoms with van der Waals surface area (Å²) in [5.74, 6) is -0.386. The van der Waals surface area contributed by atoms with Crippen molar-refractivity contribution in [2.75, 3.05) is 13.1 Å². The average Bonchev–Trinajstić information content (AvgIpc) is 4.00. The Bertz CT molecular complexity index is 2010. The van der Waals surface area contributed by atoms with Crippen molar-refractivity contribution < 1.29 is 39.8 Å². The Morgan fingerprint density at radius 3 is 1.62 bits per heavy atom. The number of benzene rings is 4. The number of rotatable bonds is 10. The van der Waals surface area contributed by atoms with Crippen molar-refractivity contribution in [3.05, 3.63) is 156 Å². The van der Waals surface area contributed by atoms with Crippen LogP contribution >= 0.6 is 0 Å². The standard InChI is InChI=1S/C21H22FN3.C21H20FN3.B.Na.H/c2*22-19-9-3-16(4-10-19)11-13-25-15-23-14-21(25)18-7-5-17(6-8-18)20-2-1-12-24-20;;;/h3-10,14-15,20,24H,1-2,11-13H2;3-10,14-15H,1-2,11-13H2;;;/q;;;+1;-1. The molecule has 259 valence electrons. The molecule has 1 saturated heterocycles. The summed E-state index contributed by atoms with van der Waals surface area (Å²) in [7, 11) is 0. The molecule has 6 nitrogen and oxygen atoms in total. The number of aryl methyl sites for hydroxylation is 4. The van der Waals surface area contributed by atoms with Gasteiger partial charge in [-0.3, -0.25) is 4.99 Å². The van der Waals surface area contributed by atoms with Gasteiger partial charge in [0.15, 0.2) is 0 Å². The predicted molar refractivity (Wildman–Crippen MR) is 203 cm³/mol. The molecule has 0 bridgehead atoms. The van der Waals surface area contributed by atoms with Crippen LogP contribution in [0.25, 0.3) is 22.5 Å². The van der Waals surface area contributed by atoms with Crippen molar-refractivity contribution >= 4 is 14.1 Å². The third-order valence-corrected chi connectivity index (χ3v) is 9.59. The van der Waals surface area contributed by atoms with E-state index in [4.69, 9.17) is 0 Å². The molecule has 0 saturated carbocycles. The Morgan fingerprint density at radius 1 is 0.654 bits per heavy atom. The topological polar surface area (TPSA) is 60.0 Å². The molecule has 2 aromatic heterocycles. The first-order valence-electron chi connectivity index (χ1n) is 17.6. The minimum absolute atomic E-state index is 0. The molecule has 3 radical (unpaired) electrons. The zero-order chi connectivity index (χ0) is 34.1. The summed E-state index contributed by atoms with van der Waals surface area (Å²) in [5.41, 5.74) is 10.6. The molecule has 0 spiro atoms. The van der Waals surface area contributed by atoms with E-state index in [1.807, 2.05) is 49.3 Å². The number of hydrogen-bond acceptors (Lipinski definition) is 4. The molecule has 4 heterocycles. The number of nitrogens with zero attached hydrogens (tertiary/aromatic N) is 5. The van der Waals surface area contributed by atoms with E-state index in [-0.39, 0.29) is 51.0 Å². The van der Waals surface area contributed by atoms with Gasteiger partial charge in [0, 0.05) is 39.8 Å². The van der Waals surface area contributed by atoms with Crippen molar-refractivity contribution in [1.82, 2.24) is 24.4 Å². The molecule has 4 aromatic carbocycles.